The minimum absolute atomic E-state index is 0.0876. The molecule has 5 nitrogen and oxygen atoms in total. The summed E-state index contributed by atoms with van der Waals surface area (Å²) in [4.78, 5) is 25.8. The van der Waals surface area contributed by atoms with E-state index in [-0.39, 0.29) is 18.9 Å². The summed E-state index contributed by atoms with van der Waals surface area (Å²) in [6, 6.07) is 22.1. The number of benzene rings is 3. The Balaban J connectivity index is 1.48. The summed E-state index contributed by atoms with van der Waals surface area (Å²) in [7, 11) is 1.45. The molecule has 1 amide bonds. The van der Waals surface area contributed by atoms with E-state index in [1.807, 2.05) is 36.4 Å². The molecule has 1 N–H and O–H groups in total. The van der Waals surface area contributed by atoms with Gasteiger partial charge in [-0.25, -0.2) is 9.59 Å². The lowest BCUT2D eigenvalue weighted by Gasteiger charge is -2.25. The van der Waals surface area contributed by atoms with Crippen LogP contribution in [0.3, 0.4) is 0 Å². The van der Waals surface area contributed by atoms with Crippen molar-refractivity contribution in [2.24, 2.45) is 0 Å². The molecule has 1 aliphatic rings. The van der Waals surface area contributed by atoms with Crippen LogP contribution in [0.4, 0.5) is 4.79 Å². The number of rotatable bonds is 6. The number of ether oxygens (including phenoxy) is 1. The maximum absolute atomic E-state index is 12.8. The highest BCUT2D eigenvalue weighted by molar-refractivity contribution is 5.81. The van der Waals surface area contributed by atoms with Gasteiger partial charge in [0.15, 0.2) is 0 Å². The fourth-order valence-corrected chi connectivity index (χ4v) is 4.22. The van der Waals surface area contributed by atoms with Crippen LogP contribution in [-0.2, 0) is 16.0 Å². The third kappa shape index (κ3) is 4.08. The molecule has 3 aromatic carbocycles. The lowest BCUT2D eigenvalue weighted by atomic mass is 9.98. The van der Waals surface area contributed by atoms with Gasteiger partial charge < -0.3 is 9.84 Å². The first-order valence-electron chi connectivity index (χ1n) is 10.4. The molecule has 0 spiro atoms. The van der Waals surface area contributed by atoms with Crippen LogP contribution in [0.2, 0.25) is 0 Å². The third-order valence-corrected chi connectivity index (χ3v) is 5.90. The fraction of sp³-hybridized carbons (Fsp3) is 0.185. The Labute approximate surface area is 187 Å². The molecule has 0 aliphatic heterocycles. The van der Waals surface area contributed by atoms with Gasteiger partial charge in [0.25, 0.3) is 0 Å². The first kappa shape index (κ1) is 21.2. The van der Waals surface area contributed by atoms with E-state index in [0.717, 1.165) is 32.7 Å². The van der Waals surface area contributed by atoms with Crippen LogP contribution >= 0.6 is 0 Å². The minimum Gasteiger partial charge on any atom is -0.480 e. The molecule has 4 rings (SSSR count). The van der Waals surface area contributed by atoms with Crippen molar-refractivity contribution < 1.29 is 19.4 Å². The van der Waals surface area contributed by atoms with Gasteiger partial charge >= 0.3 is 12.1 Å². The number of carbonyl (C=O) groups excluding carboxylic acids is 1. The minimum atomic E-state index is -1.10. The lowest BCUT2D eigenvalue weighted by molar-refractivity contribution is -0.142. The second-order valence-corrected chi connectivity index (χ2v) is 7.82. The SMILES string of the molecule is C#Cc1cccc(C[C@@H](C(=O)O)N(C)C(=O)OCC2c3ccccc3-c3ccccc32)c1. The van der Waals surface area contributed by atoms with Gasteiger partial charge in [-0.3, -0.25) is 4.90 Å². The summed E-state index contributed by atoms with van der Waals surface area (Å²) >= 11 is 0. The summed E-state index contributed by atoms with van der Waals surface area (Å²) in [5, 5.41) is 9.73. The first-order chi connectivity index (χ1) is 15.5. The summed E-state index contributed by atoms with van der Waals surface area (Å²) in [6.45, 7) is 0.135. The number of nitrogens with zero attached hydrogens (tertiary/aromatic N) is 1. The second-order valence-electron chi connectivity index (χ2n) is 7.82. The van der Waals surface area contributed by atoms with Crippen molar-refractivity contribution in [1.82, 2.24) is 4.90 Å². The zero-order chi connectivity index (χ0) is 22.7. The van der Waals surface area contributed by atoms with Crippen molar-refractivity contribution in [2.75, 3.05) is 13.7 Å². The van der Waals surface area contributed by atoms with Crippen molar-refractivity contribution in [3.05, 3.63) is 95.1 Å². The fourth-order valence-electron chi connectivity index (χ4n) is 4.22. The van der Waals surface area contributed by atoms with E-state index in [1.54, 1.807) is 24.3 Å². The predicted octanol–water partition coefficient (Wildman–Crippen LogP) is 4.54. The van der Waals surface area contributed by atoms with Crippen molar-refractivity contribution in [3.8, 4) is 23.5 Å². The molecule has 0 heterocycles. The van der Waals surface area contributed by atoms with Crippen LogP contribution in [0.5, 0.6) is 0 Å². The highest BCUT2D eigenvalue weighted by Crippen LogP contribution is 2.44. The Bertz CT molecular complexity index is 1160. The van der Waals surface area contributed by atoms with Gasteiger partial charge in [-0.05, 0) is 39.9 Å². The Kier molecular flexibility index (Phi) is 5.96. The Morgan fingerprint density at radius 3 is 2.25 bits per heavy atom. The number of carbonyl (C=O) groups is 2. The van der Waals surface area contributed by atoms with Gasteiger partial charge in [-0.2, -0.15) is 0 Å². The Morgan fingerprint density at radius 2 is 1.66 bits per heavy atom. The van der Waals surface area contributed by atoms with E-state index in [9.17, 15) is 14.7 Å². The van der Waals surface area contributed by atoms with Crippen LogP contribution in [0.15, 0.2) is 72.8 Å². The Morgan fingerprint density at radius 1 is 1.03 bits per heavy atom. The van der Waals surface area contributed by atoms with Crippen molar-refractivity contribution in [1.29, 1.82) is 0 Å². The molecule has 0 unspecified atom stereocenters. The molecule has 1 aliphatic carbocycles. The monoisotopic (exact) mass is 425 g/mol. The van der Waals surface area contributed by atoms with E-state index >= 15 is 0 Å². The zero-order valence-electron chi connectivity index (χ0n) is 17.7. The van der Waals surface area contributed by atoms with Crippen LogP contribution in [0, 0.1) is 12.3 Å². The average Bonchev–Trinajstić information content (AvgIpc) is 3.14. The maximum Gasteiger partial charge on any atom is 0.410 e. The van der Waals surface area contributed by atoms with E-state index in [2.05, 4.69) is 18.1 Å². The van der Waals surface area contributed by atoms with Crippen LogP contribution < -0.4 is 0 Å². The summed E-state index contributed by atoms with van der Waals surface area (Å²) in [5.74, 6) is 1.34. The molecule has 5 heteroatoms. The van der Waals surface area contributed by atoms with Crippen molar-refractivity contribution in [2.45, 2.75) is 18.4 Å². The van der Waals surface area contributed by atoms with Crippen LogP contribution in [0.25, 0.3) is 11.1 Å². The smallest absolute Gasteiger partial charge is 0.410 e. The van der Waals surface area contributed by atoms with Crippen LogP contribution in [-0.4, -0.2) is 41.8 Å². The summed E-state index contributed by atoms with van der Waals surface area (Å²) < 4.78 is 5.61. The van der Waals surface area contributed by atoms with Gasteiger partial charge in [-0.1, -0.05) is 66.6 Å². The number of hydrogen-bond acceptors (Lipinski definition) is 3. The second kappa shape index (κ2) is 8.99. The number of terminal acetylenes is 1. The molecule has 3 aromatic rings. The number of fused-ring (bicyclic) bond motifs is 3. The molecule has 0 radical (unpaired) electrons. The lowest BCUT2D eigenvalue weighted by Crippen LogP contribution is -2.44. The normalized spacial score (nSPS) is 12.9. The maximum atomic E-state index is 12.8. The van der Waals surface area contributed by atoms with Gasteiger partial charge in [0, 0.05) is 24.9 Å². The van der Waals surface area contributed by atoms with E-state index < -0.39 is 18.1 Å². The molecule has 0 fully saturated rings. The number of carboxylic acids is 1. The van der Waals surface area contributed by atoms with Crippen molar-refractivity contribution in [3.63, 3.8) is 0 Å². The molecule has 0 saturated carbocycles. The predicted molar refractivity (Wildman–Crippen MR) is 122 cm³/mol. The number of aliphatic carboxylic acids is 1. The van der Waals surface area contributed by atoms with Gasteiger partial charge in [0.05, 0.1) is 0 Å². The third-order valence-electron chi connectivity index (χ3n) is 5.90. The number of carboxylic acid groups (broad SMARTS) is 1. The number of likely N-dealkylation sites (N-methyl/N-ethyl adjacent to an activating group) is 1. The molecule has 1 atom stereocenters. The topological polar surface area (TPSA) is 66.8 Å². The average molecular weight is 425 g/mol. The molecule has 0 saturated heterocycles. The molecule has 160 valence electrons. The summed E-state index contributed by atoms with van der Waals surface area (Å²) in [6.07, 6.45) is 4.89. The van der Waals surface area contributed by atoms with Gasteiger partial charge in [-0.15, -0.1) is 6.42 Å². The first-order valence-corrected chi connectivity index (χ1v) is 10.4. The number of hydrogen-bond donors (Lipinski definition) is 1. The van der Waals surface area contributed by atoms with E-state index in [0.29, 0.717) is 5.56 Å². The zero-order valence-corrected chi connectivity index (χ0v) is 17.7. The number of amides is 1. The van der Waals surface area contributed by atoms with Gasteiger partial charge in [0.1, 0.15) is 12.6 Å². The Hall–Kier alpha value is -4.04. The molecular weight excluding hydrogens is 402 g/mol. The molecule has 0 aromatic heterocycles. The van der Waals surface area contributed by atoms with Crippen LogP contribution in [0.1, 0.15) is 28.2 Å². The molecule has 0 bridgehead atoms. The quantitative estimate of drug-likeness (QED) is 0.589. The van der Waals surface area contributed by atoms with Crippen molar-refractivity contribution >= 4 is 12.1 Å². The van der Waals surface area contributed by atoms with E-state index in [1.165, 1.54) is 7.05 Å². The highest BCUT2D eigenvalue weighted by atomic mass is 16.6. The molecular formula is C27H23NO4. The van der Waals surface area contributed by atoms with E-state index in [4.69, 9.17) is 11.2 Å². The standard InChI is InChI=1S/C27H23NO4/c1-3-18-9-8-10-19(15-18)16-25(26(29)30)28(2)27(31)32-17-24-22-13-6-4-11-20(22)21-12-5-7-14-23(21)24/h1,4-15,24-25H,16-17H2,2H3,(H,29,30)/t25-/m0/s1. The highest BCUT2D eigenvalue weighted by Gasteiger charge is 2.32. The van der Waals surface area contributed by atoms with Gasteiger partial charge in [0.2, 0.25) is 0 Å². The summed E-state index contributed by atoms with van der Waals surface area (Å²) in [5.41, 5.74) is 5.88. The largest absolute Gasteiger partial charge is 0.480 e. The molecule has 32 heavy (non-hydrogen) atoms.